The number of hydrogen-bond donors (Lipinski definition) is 0. The van der Waals surface area contributed by atoms with Crippen molar-refractivity contribution in [1.82, 2.24) is 0 Å². The second kappa shape index (κ2) is 9.43. The number of halogens is 1. The summed E-state index contributed by atoms with van der Waals surface area (Å²) in [6.07, 6.45) is 0.299. The summed E-state index contributed by atoms with van der Waals surface area (Å²) in [4.78, 5) is 11.7. The molecule has 0 N–H and O–H groups in total. The molecule has 0 amide bonds. The summed E-state index contributed by atoms with van der Waals surface area (Å²) in [5.41, 5.74) is 3.07. The maximum Gasteiger partial charge on any atom is 0.306 e. The van der Waals surface area contributed by atoms with Crippen molar-refractivity contribution in [2.45, 2.75) is 13.3 Å². The van der Waals surface area contributed by atoms with Gasteiger partial charge in [0.2, 0.25) is 0 Å². The lowest BCUT2D eigenvalue weighted by molar-refractivity contribution is -0.141. The fourth-order valence-electron chi connectivity index (χ4n) is 2.63. The number of carbonyl (C=O) groups excluding carboxylic acids is 1. The largest absolute Gasteiger partial charge is 0.497 e. The average molecular weight is 419 g/mol. The highest BCUT2D eigenvalue weighted by molar-refractivity contribution is 9.11. The van der Waals surface area contributed by atoms with Gasteiger partial charge >= 0.3 is 5.97 Å². The molecule has 1 atom stereocenters. The van der Waals surface area contributed by atoms with Crippen LogP contribution in [0.4, 0.5) is 0 Å². The Morgan fingerprint density at radius 3 is 1.65 bits per heavy atom. The first-order valence-corrected chi connectivity index (χ1v) is 9.04. The third-order valence-electron chi connectivity index (χ3n) is 4.13. The lowest BCUT2D eigenvalue weighted by Gasteiger charge is -2.17. The first-order chi connectivity index (χ1) is 12.5. The molecule has 138 valence electrons. The maximum absolute atomic E-state index is 11.7. The van der Waals surface area contributed by atoms with Crippen LogP contribution in [0.5, 0.6) is 11.5 Å². The van der Waals surface area contributed by atoms with E-state index in [-0.39, 0.29) is 11.9 Å². The highest BCUT2D eigenvalue weighted by Crippen LogP contribution is 2.36. The topological polar surface area (TPSA) is 44.8 Å². The average Bonchev–Trinajstić information content (AvgIpc) is 2.68. The third-order valence-corrected chi connectivity index (χ3v) is 5.31. The number of allylic oxidation sites excluding steroid dienone is 1. The summed E-state index contributed by atoms with van der Waals surface area (Å²) in [6, 6.07) is 15.7. The standard InChI is InChI=1S/C21H23BrO4/c1-14(13-19(23)26-4)21(22)20(15-5-9-17(24-2)10-6-15)16-7-11-18(25-3)12-8-16/h5-12,14H,13H2,1-4H3. The molecule has 2 rings (SSSR count). The molecule has 2 aromatic carbocycles. The van der Waals surface area contributed by atoms with Crippen LogP contribution in [0, 0.1) is 5.92 Å². The summed E-state index contributed by atoms with van der Waals surface area (Å²) in [5, 5.41) is 0. The van der Waals surface area contributed by atoms with Crippen molar-refractivity contribution in [2.24, 2.45) is 5.92 Å². The zero-order valence-corrected chi connectivity index (χ0v) is 17.0. The Morgan fingerprint density at radius 1 is 0.885 bits per heavy atom. The van der Waals surface area contributed by atoms with Crippen molar-refractivity contribution in [3.8, 4) is 11.5 Å². The van der Waals surface area contributed by atoms with Crippen molar-refractivity contribution in [1.29, 1.82) is 0 Å². The highest BCUT2D eigenvalue weighted by Gasteiger charge is 2.18. The molecule has 0 spiro atoms. The second-order valence-corrected chi connectivity index (χ2v) is 6.72. The molecule has 0 saturated carbocycles. The van der Waals surface area contributed by atoms with E-state index in [0.29, 0.717) is 6.42 Å². The summed E-state index contributed by atoms with van der Waals surface area (Å²) >= 11 is 3.72. The molecule has 1 unspecified atom stereocenters. The van der Waals surface area contributed by atoms with E-state index in [2.05, 4.69) is 15.9 Å². The van der Waals surface area contributed by atoms with Crippen LogP contribution in [0.1, 0.15) is 24.5 Å². The molecule has 0 aliphatic carbocycles. The maximum atomic E-state index is 11.7. The van der Waals surface area contributed by atoms with Crippen LogP contribution in [0.3, 0.4) is 0 Å². The summed E-state index contributed by atoms with van der Waals surface area (Å²) in [5.74, 6) is 1.32. The molecule has 0 aliphatic heterocycles. The fourth-order valence-corrected chi connectivity index (χ4v) is 3.25. The molecular weight excluding hydrogens is 396 g/mol. The van der Waals surface area contributed by atoms with E-state index >= 15 is 0 Å². The van der Waals surface area contributed by atoms with Gasteiger partial charge in [-0.05, 0) is 46.9 Å². The monoisotopic (exact) mass is 418 g/mol. The minimum absolute atomic E-state index is 0.0262. The van der Waals surface area contributed by atoms with Crippen molar-refractivity contribution in [2.75, 3.05) is 21.3 Å². The minimum atomic E-state index is -0.238. The molecule has 2 aromatic rings. The van der Waals surface area contributed by atoms with Gasteiger partial charge < -0.3 is 14.2 Å². The van der Waals surface area contributed by atoms with Gasteiger partial charge in [-0.1, -0.05) is 47.1 Å². The molecule has 26 heavy (non-hydrogen) atoms. The van der Waals surface area contributed by atoms with Crippen LogP contribution >= 0.6 is 15.9 Å². The van der Waals surface area contributed by atoms with Gasteiger partial charge in [-0.25, -0.2) is 0 Å². The van der Waals surface area contributed by atoms with E-state index in [0.717, 1.165) is 32.7 Å². The van der Waals surface area contributed by atoms with Gasteiger partial charge in [-0.2, -0.15) is 0 Å². The van der Waals surface area contributed by atoms with E-state index < -0.39 is 0 Å². The lowest BCUT2D eigenvalue weighted by Crippen LogP contribution is -2.08. The SMILES string of the molecule is COC(=O)CC(C)C(Br)=C(c1ccc(OC)cc1)c1ccc(OC)cc1. The number of ether oxygens (including phenoxy) is 3. The van der Waals surface area contributed by atoms with Gasteiger partial charge in [0, 0.05) is 4.48 Å². The summed E-state index contributed by atoms with van der Waals surface area (Å²) in [7, 11) is 4.69. The molecule has 0 bridgehead atoms. The normalized spacial score (nSPS) is 11.4. The Hall–Kier alpha value is -2.27. The fraction of sp³-hybridized carbons (Fsp3) is 0.286. The molecule has 0 aliphatic rings. The Bertz CT molecular complexity index is 714. The predicted molar refractivity (Wildman–Crippen MR) is 107 cm³/mol. The van der Waals surface area contributed by atoms with Gasteiger partial charge in [0.05, 0.1) is 27.8 Å². The van der Waals surface area contributed by atoms with Gasteiger partial charge in [-0.15, -0.1) is 0 Å². The van der Waals surface area contributed by atoms with Crippen molar-refractivity contribution in [3.05, 3.63) is 64.1 Å². The zero-order valence-electron chi connectivity index (χ0n) is 15.4. The Labute approximate surface area is 162 Å². The lowest BCUT2D eigenvalue weighted by atomic mass is 9.93. The molecule has 0 aromatic heterocycles. The van der Waals surface area contributed by atoms with Gasteiger partial charge in [-0.3, -0.25) is 4.79 Å². The number of hydrogen-bond acceptors (Lipinski definition) is 4. The number of benzene rings is 2. The Morgan fingerprint density at radius 2 is 1.31 bits per heavy atom. The van der Waals surface area contributed by atoms with Gasteiger partial charge in [0.15, 0.2) is 0 Å². The van der Waals surface area contributed by atoms with Crippen LogP contribution in [-0.2, 0) is 9.53 Å². The molecule has 0 fully saturated rings. The van der Waals surface area contributed by atoms with E-state index in [4.69, 9.17) is 14.2 Å². The van der Waals surface area contributed by atoms with Crippen molar-refractivity contribution < 1.29 is 19.0 Å². The zero-order chi connectivity index (χ0) is 19.1. The Balaban J connectivity index is 2.51. The number of methoxy groups -OCH3 is 3. The van der Waals surface area contributed by atoms with Gasteiger partial charge in [0.1, 0.15) is 11.5 Å². The van der Waals surface area contributed by atoms with E-state index in [1.54, 1.807) is 14.2 Å². The second-order valence-electron chi connectivity index (χ2n) is 5.86. The first kappa shape index (κ1) is 20.0. The smallest absolute Gasteiger partial charge is 0.306 e. The van der Waals surface area contributed by atoms with Crippen molar-refractivity contribution >= 4 is 27.5 Å². The number of esters is 1. The van der Waals surface area contributed by atoms with Gasteiger partial charge in [0.25, 0.3) is 0 Å². The molecule has 0 heterocycles. The van der Waals surface area contributed by atoms with Crippen LogP contribution < -0.4 is 9.47 Å². The molecule has 0 saturated heterocycles. The van der Waals surface area contributed by atoms with E-state index in [1.165, 1.54) is 7.11 Å². The third kappa shape index (κ3) is 4.88. The van der Waals surface area contributed by atoms with Crippen LogP contribution in [0.15, 0.2) is 53.0 Å². The molecular formula is C21H23BrO4. The molecule has 0 radical (unpaired) electrons. The van der Waals surface area contributed by atoms with Crippen LogP contribution in [0.2, 0.25) is 0 Å². The van der Waals surface area contributed by atoms with E-state index in [9.17, 15) is 4.79 Å². The van der Waals surface area contributed by atoms with E-state index in [1.807, 2.05) is 55.5 Å². The molecule has 5 heteroatoms. The summed E-state index contributed by atoms with van der Waals surface area (Å²) < 4.78 is 16.3. The minimum Gasteiger partial charge on any atom is -0.497 e. The summed E-state index contributed by atoms with van der Waals surface area (Å²) in [6.45, 7) is 1.99. The number of rotatable bonds is 7. The van der Waals surface area contributed by atoms with Crippen LogP contribution in [0.25, 0.3) is 5.57 Å². The molecule has 4 nitrogen and oxygen atoms in total. The van der Waals surface area contributed by atoms with Crippen molar-refractivity contribution in [3.63, 3.8) is 0 Å². The van der Waals surface area contributed by atoms with Crippen LogP contribution in [-0.4, -0.2) is 27.3 Å². The highest BCUT2D eigenvalue weighted by atomic mass is 79.9. The quantitative estimate of drug-likeness (QED) is 0.589. The predicted octanol–water partition coefficient (Wildman–Crippen LogP) is 5.06. The first-order valence-electron chi connectivity index (χ1n) is 8.25. The number of carbonyl (C=O) groups is 1. The Kier molecular flexibility index (Phi) is 7.27.